The highest BCUT2D eigenvalue weighted by molar-refractivity contribution is 7.94. The molecule has 0 bridgehead atoms. The Morgan fingerprint density at radius 2 is 2.17 bits per heavy atom. The zero-order chi connectivity index (χ0) is 16.4. The summed E-state index contributed by atoms with van der Waals surface area (Å²) in [6.07, 6.45) is 0. The number of sulfonamides is 1. The second-order valence-corrected chi connectivity index (χ2v) is 7.84. The number of nitrogens with one attached hydrogen (secondary N) is 1. The Labute approximate surface area is 138 Å². The molecule has 6 nitrogen and oxygen atoms in total. The van der Waals surface area contributed by atoms with Crippen LogP contribution in [0.2, 0.25) is 0 Å². The minimum Gasteiger partial charge on any atom is -0.491 e. The van der Waals surface area contributed by atoms with Gasteiger partial charge in [0.1, 0.15) is 16.6 Å². The van der Waals surface area contributed by atoms with Crippen LogP contribution in [0, 0.1) is 0 Å². The Hall–Kier alpha value is -2.06. The number of nitrogens with zero attached hydrogens (tertiary/aromatic N) is 1. The number of rotatable bonds is 4. The number of carbonyl (C=O) groups is 1. The summed E-state index contributed by atoms with van der Waals surface area (Å²) in [6.45, 7) is 3.41. The molecule has 8 heteroatoms. The van der Waals surface area contributed by atoms with Crippen molar-refractivity contribution in [2.75, 3.05) is 24.4 Å². The fourth-order valence-corrected chi connectivity index (χ4v) is 4.39. The summed E-state index contributed by atoms with van der Waals surface area (Å²) < 4.78 is 32.8. The molecule has 1 aromatic carbocycles. The van der Waals surface area contributed by atoms with Crippen LogP contribution in [0.1, 0.15) is 17.3 Å². The van der Waals surface area contributed by atoms with Gasteiger partial charge in [0.15, 0.2) is 0 Å². The predicted molar refractivity (Wildman–Crippen MR) is 88.6 cm³/mol. The van der Waals surface area contributed by atoms with Crippen molar-refractivity contribution in [1.29, 1.82) is 0 Å². The first-order chi connectivity index (χ1) is 11.0. The van der Waals surface area contributed by atoms with Crippen molar-refractivity contribution in [3.05, 3.63) is 41.3 Å². The van der Waals surface area contributed by atoms with Crippen LogP contribution in [-0.2, 0) is 10.0 Å². The van der Waals surface area contributed by atoms with E-state index in [0.29, 0.717) is 36.7 Å². The van der Waals surface area contributed by atoms with Crippen LogP contribution in [0.3, 0.4) is 0 Å². The maximum absolute atomic E-state index is 12.5. The highest BCUT2D eigenvalue weighted by atomic mass is 32.2. The van der Waals surface area contributed by atoms with Gasteiger partial charge in [-0.1, -0.05) is 6.07 Å². The molecule has 0 atom stereocenters. The SMILES string of the molecule is CCN1CCOc2ccc(NS(=O)(=O)c3cccs3)cc2C1=O. The van der Waals surface area contributed by atoms with Crippen molar-refractivity contribution in [2.24, 2.45) is 0 Å². The summed E-state index contributed by atoms with van der Waals surface area (Å²) in [7, 11) is -3.64. The van der Waals surface area contributed by atoms with Gasteiger partial charge in [-0.25, -0.2) is 8.42 Å². The lowest BCUT2D eigenvalue weighted by Crippen LogP contribution is -2.32. The molecule has 1 aliphatic heterocycles. The summed E-state index contributed by atoms with van der Waals surface area (Å²) in [5.74, 6) is 0.321. The van der Waals surface area contributed by atoms with Gasteiger partial charge in [-0.2, -0.15) is 0 Å². The number of hydrogen-bond acceptors (Lipinski definition) is 5. The Balaban J connectivity index is 1.93. The van der Waals surface area contributed by atoms with E-state index in [1.807, 2.05) is 6.92 Å². The van der Waals surface area contributed by atoms with Gasteiger partial charge >= 0.3 is 0 Å². The molecule has 1 aliphatic rings. The van der Waals surface area contributed by atoms with Gasteiger partial charge in [-0.3, -0.25) is 9.52 Å². The lowest BCUT2D eigenvalue weighted by Gasteiger charge is -2.17. The maximum Gasteiger partial charge on any atom is 0.271 e. The molecule has 0 saturated heterocycles. The number of fused-ring (bicyclic) bond motifs is 1. The van der Waals surface area contributed by atoms with Crippen molar-refractivity contribution in [2.45, 2.75) is 11.1 Å². The minimum absolute atomic E-state index is 0.155. The molecule has 1 aromatic heterocycles. The molecule has 0 spiro atoms. The number of thiophene rings is 1. The largest absolute Gasteiger partial charge is 0.491 e. The number of carbonyl (C=O) groups excluding carboxylic acids is 1. The second kappa shape index (κ2) is 6.21. The Kier molecular flexibility index (Phi) is 4.27. The van der Waals surface area contributed by atoms with Gasteiger partial charge in [-0.05, 0) is 36.6 Å². The van der Waals surface area contributed by atoms with Crippen molar-refractivity contribution in [1.82, 2.24) is 4.90 Å². The van der Waals surface area contributed by atoms with E-state index in [9.17, 15) is 13.2 Å². The fraction of sp³-hybridized carbons (Fsp3) is 0.267. The van der Waals surface area contributed by atoms with E-state index < -0.39 is 10.0 Å². The summed E-state index contributed by atoms with van der Waals surface area (Å²) in [4.78, 5) is 14.2. The molecule has 0 radical (unpaired) electrons. The minimum atomic E-state index is -3.64. The van der Waals surface area contributed by atoms with Crippen LogP contribution in [-0.4, -0.2) is 38.9 Å². The molecule has 0 aliphatic carbocycles. The molecule has 1 amide bonds. The molecule has 2 aromatic rings. The lowest BCUT2D eigenvalue weighted by atomic mass is 10.1. The third-order valence-corrected chi connectivity index (χ3v) is 6.29. The van der Waals surface area contributed by atoms with Crippen LogP contribution in [0.25, 0.3) is 0 Å². The van der Waals surface area contributed by atoms with E-state index in [1.165, 1.54) is 12.1 Å². The predicted octanol–water partition coefficient (Wildman–Crippen LogP) is 2.40. The number of ether oxygens (including phenoxy) is 1. The summed E-state index contributed by atoms with van der Waals surface area (Å²) >= 11 is 1.14. The zero-order valence-corrected chi connectivity index (χ0v) is 14.1. The average molecular weight is 352 g/mol. The maximum atomic E-state index is 12.5. The molecule has 1 N–H and O–H groups in total. The van der Waals surface area contributed by atoms with Gasteiger partial charge in [-0.15, -0.1) is 11.3 Å². The Bertz CT molecular complexity index is 816. The number of amides is 1. The van der Waals surface area contributed by atoms with E-state index in [0.717, 1.165) is 11.3 Å². The molecular weight excluding hydrogens is 336 g/mol. The second-order valence-electron chi connectivity index (χ2n) is 4.98. The van der Waals surface area contributed by atoms with Crippen molar-refractivity contribution in [3.63, 3.8) is 0 Å². The van der Waals surface area contributed by atoms with Crippen molar-refractivity contribution < 1.29 is 17.9 Å². The van der Waals surface area contributed by atoms with Gasteiger partial charge in [0, 0.05) is 12.2 Å². The smallest absolute Gasteiger partial charge is 0.271 e. The topological polar surface area (TPSA) is 75.7 Å². The monoisotopic (exact) mass is 352 g/mol. The third kappa shape index (κ3) is 3.18. The quantitative estimate of drug-likeness (QED) is 0.917. The molecule has 0 saturated carbocycles. The standard InChI is InChI=1S/C15H16N2O4S2/c1-2-17-7-8-21-13-6-5-11(10-12(13)15(17)18)16-23(19,20)14-4-3-9-22-14/h3-6,9-10,16H,2,7-8H2,1H3. The molecule has 0 fully saturated rings. The Morgan fingerprint density at radius 1 is 1.35 bits per heavy atom. The Morgan fingerprint density at radius 3 is 2.87 bits per heavy atom. The first kappa shape index (κ1) is 15.8. The highest BCUT2D eigenvalue weighted by Gasteiger charge is 2.24. The number of anilines is 1. The summed E-state index contributed by atoms with van der Waals surface area (Å²) in [5, 5.41) is 1.70. The molecule has 0 unspecified atom stereocenters. The van der Waals surface area contributed by atoms with E-state index in [1.54, 1.807) is 28.5 Å². The van der Waals surface area contributed by atoms with Gasteiger partial charge < -0.3 is 9.64 Å². The van der Waals surface area contributed by atoms with Crippen molar-refractivity contribution >= 4 is 33.0 Å². The lowest BCUT2D eigenvalue weighted by molar-refractivity contribution is 0.0765. The normalized spacial score (nSPS) is 14.8. The van der Waals surface area contributed by atoms with Gasteiger partial charge in [0.05, 0.1) is 12.1 Å². The van der Waals surface area contributed by atoms with Crippen LogP contribution >= 0.6 is 11.3 Å². The van der Waals surface area contributed by atoms with Crippen molar-refractivity contribution in [3.8, 4) is 5.75 Å². The molecule has 122 valence electrons. The summed E-state index contributed by atoms with van der Waals surface area (Å²) in [6, 6.07) is 7.95. The van der Waals surface area contributed by atoms with Gasteiger partial charge in [0.2, 0.25) is 0 Å². The highest BCUT2D eigenvalue weighted by Crippen LogP contribution is 2.28. The number of likely N-dealkylation sites (N-methyl/N-ethyl adjacent to an activating group) is 1. The van der Waals surface area contributed by atoms with Crippen LogP contribution in [0.5, 0.6) is 5.75 Å². The first-order valence-corrected chi connectivity index (χ1v) is 9.50. The average Bonchev–Trinajstić information content (AvgIpc) is 3.02. The van der Waals surface area contributed by atoms with E-state index >= 15 is 0 Å². The third-order valence-electron chi connectivity index (χ3n) is 3.51. The van der Waals surface area contributed by atoms with Crippen LogP contribution < -0.4 is 9.46 Å². The van der Waals surface area contributed by atoms with E-state index in [-0.39, 0.29) is 10.1 Å². The van der Waals surface area contributed by atoms with Crippen LogP contribution in [0.4, 0.5) is 5.69 Å². The van der Waals surface area contributed by atoms with Gasteiger partial charge in [0.25, 0.3) is 15.9 Å². The number of benzene rings is 1. The molecular formula is C15H16N2O4S2. The fourth-order valence-electron chi connectivity index (χ4n) is 2.35. The number of hydrogen-bond donors (Lipinski definition) is 1. The van der Waals surface area contributed by atoms with Crippen LogP contribution in [0.15, 0.2) is 39.9 Å². The molecule has 2 heterocycles. The first-order valence-electron chi connectivity index (χ1n) is 7.13. The molecule has 23 heavy (non-hydrogen) atoms. The van der Waals surface area contributed by atoms with E-state index in [2.05, 4.69) is 4.72 Å². The van der Waals surface area contributed by atoms with E-state index in [4.69, 9.17) is 4.74 Å². The summed E-state index contributed by atoms with van der Waals surface area (Å²) in [5.41, 5.74) is 0.711. The zero-order valence-electron chi connectivity index (χ0n) is 12.5. The molecule has 3 rings (SSSR count).